The van der Waals surface area contributed by atoms with Crippen LogP contribution in [-0.4, -0.2) is 57.7 Å². The Balaban J connectivity index is 1.27. The Hall–Kier alpha value is -4.59. The fourth-order valence-corrected chi connectivity index (χ4v) is 4.82. The van der Waals surface area contributed by atoms with Gasteiger partial charge in [-0.2, -0.15) is 5.10 Å². The molecule has 196 valence electrons. The summed E-state index contributed by atoms with van der Waals surface area (Å²) in [7, 11) is 3.88. The maximum Gasteiger partial charge on any atom is 0.244 e. The van der Waals surface area contributed by atoms with Gasteiger partial charge in [-0.05, 0) is 56.1 Å². The van der Waals surface area contributed by atoms with Gasteiger partial charge in [0.25, 0.3) is 0 Å². The number of fused-ring (bicyclic) bond motifs is 2. The van der Waals surface area contributed by atoms with E-state index in [1.165, 1.54) is 35.9 Å². The summed E-state index contributed by atoms with van der Waals surface area (Å²) in [5.74, 6) is 6.33. The molecule has 0 aliphatic heterocycles. The van der Waals surface area contributed by atoms with Crippen molar-refractivity contribution in [2.75, 3.05) is 32.5 Å². The number of amides is 1. The van der Waals surface area contributed by atoms with Crippen LogP contribution in [0.4, 0.5) is 15.9 Å². The molecule has 3 heterocycles. The van der Waals surface area contributed by atoms with E-state index in [2.05, 4.69) is 37.5 Å². The highest BCUT2D eigenvalue weighted by atomic mass is 32.1. The average Bonchev–Trinajstić information content (AvgIpc) is 3.51. The predicted molar refractivity (Wildman–Crippen MR) is 154 cm³/mol. The number of hydrogen-bond donors (Lipinski definition) is 2. The summed E-state index contributed by atoms with van der Waals surface area (Å²) in [6, 6.07) is 14.4. The molecule has 0 bridgehead atoms. The highest BCUT2D eigenvalue weighted by Crippen LogP contribution is 2.30. The van der Waals surface area contributed by atoms with Gasteiger partial charge < -0.3 is 15.5 Å². The van der Waals surface area contributed by atoms with Crippen molar-refractivity contribution in [3.63, 3.8) is 0 Å². The van der Waals surface area contributed by atoms with E-state index in [9.17, 15) is 9.18 Å². The van der Waals surface area contributed by atoms with Crippen LogP contribution in [0.1, 0.15) is 10.4 Å². The molecular formula is C29H26FN7OS. The van der Waals surface area contributed by atoms with E-state index in [-0.39, 0.29) is 18.3 Å². The lowest BCUT2D eigenvalue weighted by Crippen LogP contribution is -2.21. The first kappa shape index (κ1) is 26.0. The molecule has 5 rings (SSSR count). The normalized spacial score (nSPS) is 11.3. The molecule has 10 heteroatoms. The Morgan fingerprint density at radius 1 is 1.18 bits per heavy atom. The molecule has 2 N–H and O–H groups in total. The summed E-state index contributed by atoms with van der Waals surface area (Å²) >= 11 is 1.47. The first-order valence-corrected chi connectivity index (χ1v) is 13.1. The second-order valence-corrected chi connectivity index (χ2v) is 10.1. The van der Waals surface area contributed by atoms with Gasteiger partial charge in [-0.15, -0.1) is 11.3 Å². The fourth-order valence-electron chi connectivity index (χ4n) is 3.94. The van der Waals surface area contributed by atoms with Gasteiger partial charge in [0.15, 0.2) is 0 Å². The van der Waals surface area contributed by atoms with E-state index in [0.29, 0.717) is 18.9 Å². The minimum Gasteiger partial charge on any atom is -0.342 e. The molecule has 8 nitrogen and oxygen atoms in total. The number of thiophene rings is 1. The van der Waals surface area contributed by atoms with Crippen LogP contribution in [0.5, 0.6) is 0 Å². The molecule has 0 saturated heterocycles. The number of halogens is 1. The lowest BCUT2D eigenvalue weighted by molar-refractivity contribution is -0.116. The molecule has 0 saturated carbocycles. The molecule has 0 aliphatic carbocycles. The summed E-state index contributed by atoms with van der Waals surface area (Å²) in [5.41, 5.74) is 2.66. The molecule has 39 heavy (non-hydrogen) atoms. The molecule has 1 amide bonds. The van der Waals surface area contributed by atoms with Gasteiger partial charge in [-0.1, -0.05) is 30.0 Å². The Morgan fingerprint density at radius 2 is 2.08 bits per heavy atom. The largest absolute Gasteiger partial charge is 0.342 e. The van der Waals surface area contributed by atoms with Crippen molar-refractivity contribution in [2.24, 2.45) is 0 Å². The van der Waals surface area contributed by atoms with E-state index in [4.69, 9.17) is 0 Å². The van der Waals surface area contributed by atoms with Crippen molar-refractivity contribution in [2.45, 2.75) is 6.54 Å². The number of benzene rings is 2. The summed E-state index contributed by atoms with van der Waals surface area (Å²) < 4.78 is 15.4. The van der Waals surface area contributed by atoms with E-state index in [1.807, 2.05) is 54.0 Å². The summed E-state index contributed by atoms with van der Waals surface area (Å²) in [5, 5.41) is 12.4. The first-order valence-electron chi connectivity index (χ1n) is 12.2. The summed E-state index contributed by atoms with van der Waals surface area (Å²) in [4.78, 5) is 24.3. The van der Waals surface area contributed by atoms with E-state index < -0.39 is 0 Å². The van der Waals surface area contributed by atoms with Crippen molar-refractivity contribution < 1.29 is 9.18 Å². The van der Waals surface area contributed by atoms with Crippen LogP contribution >= 0.6 is 11.3 Å². The highest BCUT2D eigenvalue weighted by Gasteiger charge is 2.10. The second kappa shape index (κ2) is 11.9. The van der Waals surface area contributed by atoms with Crippen LogP contribution in [-0.2, 0) is 11.3 Å². The van der Waals surface area contributed by atoms with Gasteiger partial charge in [0.05, 0.1) is 35.1 Å². The van der Waals surface area contributed by atoms with Crippen LogP contribution < -0.4 is 10.6 Å². The molecule has 2 aromatic carbocycles. The van der Waals surface area contributed by atoms with Gasteiger partial charge in [0.1, 0.15) is 22.8 Å². The van der Waals surface area contributed by atoms with Crippen molar-refractivity contribution in [1.29, 1.82) is 0 Å². The number of anilines is 2. The SMILES string of the molecule is CN(C)C/C=C/C(=O)NCC#Cc1cc2c(Nc3ccc4c(cnn4Cc4cccc(F)c4)c3)ncnc2s1. The van der Waals surface area contributed by atoms with Gasteiger partial charge in [0, 0.05) is 23.7 Å². The number of carbonyl (C=O) groups is 1. The van der Waals surface area contributed by atoms with Crippen LogP contribution in [0.25, 0.3) is 21.1 Å². The monoisotopic (exact) mass is 539 g/mol. The second-order valence-electron chi connectivity index (χ2n) is 9.07. The topological polar surface area (TPSA) is 88.0 Å². The number of aromatic nitrogens is 4. The van der Waals surface area contributed by atoms with Crippen molar-refractivity contribution in [1.82, 2.24) is 30.0 Å². The molecule has 0 fully saturated rings. The Kier molecular flexibility index (Phi) is 7.91. The quantitative estimate of drug-likeness (QED) is 0.222. The number of nitrogens with one attached hydrogen (secondary N) is 2. The lowest BCUT2D eigenvalue weighted by atomic mass is 10.2. The zero-order chi connectivity index (χ0) is 27.2. The summed E-state index contributed by atoms with van der Waals surface area (Å²) in [6.07, 6.45) is 6.64. The highest BCUT2D eigenvalue weighted by molar-refractivity contribution is 7.19. The van der Waals surface area contributed by atoms with Crippen molar-refractivity contribution in [3.8, 4) is 11.8 Å². The molecule has 0 spiro atoms. The van der Waals surface area contributed by atoms with Crippen LogP contribution in [0.3, 0.4) is 0 Å². The minimum absolute atomic E-state index is 0.170. The standard InChI is InChI=1S/C29H26FN7OS/c1-36(2)13-5-9-27(38)31-12-4-8-24-16-25-28(32-19-33-29(25)39-24)35-23-10-11-26-21(15-23)17-34-37(26)18-20-6-3-7-22(30)14-20/h3,5-7,9-11,14-17,19H,12-13,18H2,1-2H3,(H,31,38)(H,32,33,35)/b9-5+. The molecule has 0 radical (unpaired) electrons. The van der Waals surface area contributed by atoms with E-state index in [1.54, 1.807) is 18.3 Å². The maximum atomic E-state index is 13.6. The Bertz CT molecular complexity index is 1730. The van der Waals surface area contributed by atoms with Crippen LogP contribution in [0.15, 0.2) is 73.2 Å². The Morgan fingerprint density at radius 3 is 2.92 bits per heavy atom. The third kappa shape index (κ3) is 6.65. The lowest BCUT2D eigenvalue weighted by Gasteiger charge is -2.08. The fraction of sp³-hybridized carbons (Fsp3) is 0.172. The van der Waals surface area contributed by atoms with Gasteiger partial charge in [-0.3, -0.25) is 9.48 Å². The molecule has 0 aliphatic rings. The van der Waals surface area contributed by atoms with E-state index >= 15 is 0 Å². The number of rotatable bonds is 8. The molecule has 5 aromatic rings. The predicted octanol–water partition coefficient (Wildman–Crippen LogP) is 4.56. The number of likely N-dealkylation sites (N-methyl/N-ethyl adjacent to an activating group) is 1. The van der Waals surface area contributed by atoms with Gasteiger partial charge >= 0.3 is 0 Å². The zero-order valence-corrected chi connectivity index (χ0v) is 22.3. The van der Waals surface area contributed by atoms with Crippen molar-refractivity contribution in [3.05, 3.63) is 89.5 Å². The van der Waals surface area contributed by atoms with Crippen LogP contribution in [0, 0.1) is 17.7 Å². The first-order chi connectivity index (χ1) is 18.9. The smallest absolute Gasteiger partial charge is 0.244 e. The summed E-state index contributed by atoms with van der Waals surface area (Å²) in [6.45, 7) is 1.44. The van der Waals surface area contributed by atoms with Gasteiger partial charge in [0.2, 0.25) is 5.91 Å². The number of nitrogens with zero attached hydrogens (tertiary/aromatic N) is 5. The maximum absolute atomic E-state index is 13.6. The Labute approximate surface area is 229 Å². The average molecular weight is 540 g/mol. The molecule has 3 aromatic heterocycles. The molecule has 0 unspecified atom stereocenters. The number of hydrogen-bond acceptors (Lipinski definition) is 7. The zero-order valence-electron chi connectivity index (χ0n) is 21.5. The minimum atomic E-state index is -0.260. The third-order valence-electron chi connectivity index (χ3n) is 5.76. The van der Waals surface area contributed by atoms with Gasteiger partial charge in [-0.25, -0.2) is 14.4 Å². The number of carbonyl (C=O) groups excluding carboxylic acids is 1. The van der Waals surface area contributed by atoms with Crippen molar-refractivity contribution >= 4 is 49.9 Å². The van der Waals surface area contributed by atoms with Crippen LogP contribution in [0.2, 0.25) is 0 Å². The van der Waals surface area contributed by atoms with E-state index in [0.717, 1.165) is 37.2 Å². The molecule has 0 atom stereocenters. The molecular weight excluding hydrogens is 513 g/mol. The third-order valence-corrected chi connectivity index (χ3v) is 6.72.